The number of hydrogen-bond donors (Lipinski definition) is 3. The maximum absolute atomic E-state index is 12.8. The van der Waals surface area contributed by atoms with Crippen LogP contribution in [0.3, 0.4) is 0 Å². The van der Waals surface area contributed by atoms with Gasteiger partial charge in [0.2, 0.25) is 15.9 Å². The molecular weight excluding hydrogens is 448 g/mol. The summed E-state index contributed by atoms with van der Waals surface area (Å²) >= 11 is 5.26. The molecule has 3 N–H and O–H groups in total. The van der Waals surface area contributed by atoms with E-state index in [-0.39, 0.29) is 35.9 Å². The standard InChI is InChI=1S/C22H28N4O4S2/c1-16(17-6-4-3-5-7-17)23-22(31)25-24-21(27)18-12-14-26(15-13-18)32(28,29)20-10-8-19(30-2)9-11-20/h3-11,16,18H,12-15H2,1-2H3,(H,24,27)(H2,23,25,31)/t16-/m0/s1. The maximum Gasteiger partial charge on any atom is 0.243 e. The average molecular weight is 477 g/mol. The summed E-state index contributed by atoms with van der Waals surface area (Å²) in [6, 6.07) is 16.1. The molecule has 1 amide bonds. The number of piperidine rings is 1. The van der Waals surface area contributed by atoms with E-state index in [0.29, 0.717) is 23.7 Å². The summed E-state index contributed by atoms with van der Waals surface area (Å²) in [6.45, 7) is 2.53. The molecule has 1 fully saturated rings. The highest BCUT2D eigenvalue weighted by Gasteiger charge is 2.32. The van der Waals surface area contributed by atoms with Gasteiger partial charge in [0, 0.05) is 19.0 Å². The summed E-state index contributed by atoms with van der Waals surface area (Å²) in [5.74, 6) is 0.0968. The lowest BCUT2D eigenvalue weighted by Crippen LogP contribution is -2.51. The topological polar surface area (TPSA) is 99.8 Å². The van der Waals surface area contributed by atoms with Gasteiger partial charge in [-0.3, -0.25) is 15.6 Å². The van der Waals surface area contributed by atoms with Gasteiger partial charge in [-0.05, 0) is 61.8 Å². The lowest BCUT2D eigenvalue weighted by molar-refractivity contribution is -0.126. The van der Waals surface area contributed by atoms with E-state index in [2.05, 4.69) is 16.2 Å². The van der Waals surface area contributed by atoms with Gasteiger partial charge in [0.05, 0.1) is 18.0 Å². The minimum Gasteiger partial charge on any atom is -0.497 e. The Hall–Kier alpha value is -2.69. The second-order valence-electron chi connectivity index (χ2n) is 7.57. The molecule has 0 saturated carbocycles. The van der Waals surface area contributed by atoms with Crippen molar-refractivity contribution in [2.75, 3.05) is 20.2 Å². The number of thiocarbonyl (C=S) groups is 1. The molecular formula is C22H28N4O4S2. The summed E-state index contributed by atoms with van der Waals surface area (Å²) < 4.78 is 32.2. The number of benzene rings is 2. The van der Waals surface area contributed by atoms with Crippen molar-refractivity contribution in [3.8, 4) is 5.75 Å². The minimum absolute atomic E-state index is 0.0144. The van der Waals surface area contributed by atoms with Gasteiger partial charge in [-0.1, -0.05) is 30.3 Å². The third kappa shape index (κ3) is 5.96. The van der Waals surface area contributed by atoms with Crippen molar-refractivity contribution in [2.45, 2.75) is 30.7 Å². The monoisotopic (exact) mass is 476 g/mol. The Labute approximate surface area is 194 Å². The van der Waals surface area contributed by atoms with Gasteiger partial charge < -0.3 is 10.1 Å². The predicted octanol–water partition coefficient (Wildman–Crippen LogP) is 2.35. The molecule has 0 spiro atoms. The van der Waals surface area contributed by atoms with Crippen molar-refractivity contribution in [3.05, 3.63) is 60.2 Å². The summed E-state index contributed by atoms with van der Waals surface area (Å²) in [6.07, 6.45) is 0.868. The van der Waals surface area contributed by atoms with E-state index >= 15 is 0 Å². The zero-order valence-electron chi connectivity index (χ0n) is 18.1. The Morgan fingerprint density at radius 3 is 2.28 bits per heavy atom. The molecule has 0 bridgehead atoms. The van der Waals surface area contributed by atoms with E-state index in [9.17, 15) is 13.2 Å². The molecule has 1 aliphatic rings. The molecule has 2 aromatic carbocycles. The van der Waals surface area contributed by atoms with Crippen LogP contribution in [0.2, 0.25) is 0 Å². The second kappa shape index (κ2) is 10.8. The first kappa shape index (κ1) is 24.0. The van der Waals surface area contributed by atoms with E-state index in [0.717, 1.165) is 5.56 Å². The van der Waals surface area contributed by atoms with Gasteiger partial charge in [0.15, 0.2) is 5.11 Å². The van der Waals surface area contributed by atoms with Gasteiger partial charge in [0.1, 0.15) is 5.75 Å². The van der Waals surface area contributed by atoms with Crippen LogP contribution in [0.1, 0.15) is 31.4 Å². The summed E-state index contributed by atoms with van der Waals surface area (Å²) in [4.78, 5) is 12.7. The summed E-state index contributed by atoms with van der Waals surface area (Å²) in [7, 11) is -2.07. The number of carbonyl (C=O) groups is 1. The molecule has 8 nitrogen and oxygen atoms in total. The number of methoxy groups -OCH3 is 1. The fraction of sp³-hybridized carbons (Fsp3) is 0.364. The number of sulfonamides is 1. The largest absolute Gasteiger partial charge is 0.497 e. The number of hydrazine groups is 1. The molecule has 1 aliphatic heterocycles. The number of ether oxygens (including phenoxy) is 1. The van der Waals surface area contributed by atoms with Crippen LogP contribution in [0.15, 0.2) is 59.5 Å². The molecule has 1 atom stereocenters. The quantitative estimate of drug-likeness (QED) is 0.435. The zero-order chi connectivity index (χ0) is 23.1. The number of hydrogen-bond acceptors (Lipinski definition) is 5. The molecule has 0 aromatic heterocycles. The maximum atomic E-state index is 12.8. The van der Waals surface area contributed by atoms with Crippen LogP contribution in [0.5, 0.6) is 5.75 Å². The highest BCUT2D eigenvalue weighted by atomic mass is 32.2. The van der Waals surface area contributed by atoms with E-state index in [1.165, 1.54) is 23.5 Å². The van der Waals surface area contributed by atoms with Gasteiger partial charge in [-0.15, -0.1) is 0 Å². The van der Waals surface area contributed by atoms with Crippen LogP contribution in [-0.4, -0.2) is 43.9 Å². The number of nitrogens with one attached hydrogen (secondary N) is 3. The van der Waals surface area contributed by atoms with Gasteiger partial charge in [-0.25, -0.2) is 8.42 Å². The minimum atomic E-state index is -3.60. The fourth-order valence-electron chi connectivity index (χ4n) is 3.53. The van der Waals surface area contributed by atoms with Crippen LogP contribution in [-0.2, 0) is 14.8 Å². The Morgan fingerprint density at radius 2 is 1.69 bits per heavy atom. The van der Waals surface area contributed by atoms with Crippen LogP contribution in [0.25, 0.3) is 0 Å². The van der Waals surface area contributed by atoms with Crippen molar-refractivity contribution >= 4 is 33.3 Å². The van der Waals surface area contributed by atoms with Crippen molar-refractivity contribution < 1.29 is 17.9 Å². The molecule has 2 aromatic rings. The third-order valence-corrected chi connectivity index (χ3v) is 7.60. The number of carbonyl (C=O) groups excluding carboxylic acids is 1. The zero-order valence-corrected chi connectivity index (χ0v) is 19.7. The summed E-state index contributed by atoms with van der Waals surface area (Å²) in [5.41, 5.74) is 6.45. The molecule has 1 heterocycles. The molecule has 0 radical (unpaired) electrons. The Morgan fingerprint density at radius 1 is 1.06 bits per heavy atom. The smallest absolute Gasteiger partial charge is 0.243 e. The van der Waals surface area contributed by atoms with Gasteiger partial charge in [0.25, 0.3) is 0 Å². The second-order valence-corrected chi connectivity index (χ2v) is 9.92. The van der Waals surface area contributed by atoms with Crippen LogP contribution >= 0.6 is 12.2 Å². The van der Waals surface area contributed by atoms with Crippen molar-refractivity contribution in [2.24, 2.45) is 5.92 Å². The van der Waals surface area contributed by atoms with Crippen molar-refractivity contribution in [3.63, 3.8) is 0 Å². The molecule has 3 rings (SSSR count). The lowest BCUT2D eigenvalue weighted by atomic mass is 9.98. The summed E-state index contributed by atoms with van der Waals surface area (Å²) in [5, 5.41) is 3.43. The lowest BCUT2D eigenvalue weighted by Gasteiger charge is -2.30. The third-order valence-electron chi connectivity index (χ3n) is 5.47. The van der Waals surface area contributed by atoms with Gasteiger partial charge in [-0.2, -0.15) is 4.31 Å². The number of nitrogens with zero attached hydrogens (tertiary/aromatic N) is 1. The van der Waals surface area contributed by atoms with Crippen LogP contribution in [0, 0.1) is 5.92 Å². The van der Waals surface area contributed by atoms with E-state index in [1.54, 1.807) is 12.1 Å². The SMILES string of the molecule is COc1ccc(S(=O)(=O)N2CCC(C(=O)NNC(=S)N[C@@H](C)c3ccccc3)CC2)cc1. The first-order valence-corrected chi connectivity index (χ1v) is 12.2. The van der Waals surface area contributed by atoms with Gasteiger partial charge >= 0.3 is 0 Å². The van der Waals surface area contributed by atoms with Crippen LogP contribution < -0.4 is 20.9 Å². The normalized spacial score (nSPS) is 16.1. The number of rotatable bonds is 6. The van der Waals surface area contributed by atoms with E-state index in [4.69, 9.17) is 17.0 Å². The molecule has 10 heteroatoms. The fourth-order valence-corrected chi connectivity index (χ4v) is 5.23. The van der Waals surface area contributed by atoms with Crippen molar-refractivity contribution in [1.82, 2.24) is 20.5 Å². The first-order chi connectivity index (χ1) is 15.3. The first-order valence-electron chi connectivity index (χ1n) is 10.4. The highest BCUT2D eigenvalue weighted by Crippen LogP contribution is 2.25. The Balaban J connectivity index is 1.46. The highest BCUT2D eigenvalue weighted by molar-refractivity contribution is 7.89. The number of amides is 1. The van der Waals surface area contributed by atoms with E-state index in [1.807, 2.05) is 37.3 Å². The molecule has 32 heavy (non-hydrogen) atoms. The molecule has 172 valence electrons. The van der Waals surface area contributed by atoms with Crippen molar-refractivity contribution in [1.29, 1.82) is 0 Å². The van der Waals surface area contributed by atoms with Crippen LogP contribution in [0.4, 0.5) is 0 Å². The Bertz CT molecular complexity index is 1020. The van der Waals surface area contributed by atoms with E-state index < -0.39 is 10.0 Å². The Kier molecular flexibility index (Phi) is 8.05. The average Bonchev–Trinajstić information content (AvgIpc) is 2.83. The predicted molar refractivity (Wildman–Crippen MR) is 126 cm³/mol. The molecule has 0 unspecified atom stereocenters. The molecule has 1 saturated heterocycles. The molecule has 0 aliphatic carbocycles.